The highest BCUT2D eigenvalue weighted by Gasteiger charge is 2.31. The fraction of sp³-hybridized carbons (Fsp3) is 0.462. The highest BCUT2D eigenvalue weighted by Crippen LogP contribution is 2.21. The van der Waals surface area contributed by atoms with E-state index in [0.29, 0.717) is 12.2 Å². The fourth-order valence-electron chi connectivity index (χ4n) is 2.30. The first-order valence-corrected chi connectivity index (χ1v) is 5.92. The minimum absolute atomic E-state index is 0.193. The van der Waals surface area contributed by atoms with Crippen molar-refractivity contribution in [1.29, 1.82) is 5.26 Å². The monoisotopic (exact) mass is 245 g/mol. The Morgan fingerprint density at radius 3 is 3.28 bits per heavy atom. The van der Waals surface area contributed by atoms with Gasteiger partial charge in [-0.1, -0.05) is 6.07 Å². The van der Waals surface area contributed by atoms with Gasteiger partial charge in [0, 0.05) is 18.3 Å². The summed E-state index contributed by atoms with van der Waals surface area (Å²) in [4.78, 5) is 17.7. The number of carbonyl (C=O) groups is 1. The summed E-state index contributed by atoms with van der Waals surface area (Å²) >= 11 is 0. The molecule has 5 heteroatoms. The lowest BCUT2D eigenvalue weighted by Gasteiger charge is -2.22. The van der Waals surface area contributed by atoms with Crippen LogP contribution in [0.4, 0.5) is 0 Å². The molecule has 1 saturated heterocycles. The topological polar surface area (TPSA) is 66.2 Å². The quantitative estimate of drug-likeness (QED) is 0.746. The Labute approximate surface area is 106 Å². The summed E-state index contributed by atoms with van der Waals surface area (Å²) in [5, 5.41) is 8.99. The summed E-state index contributed by atoms with van der Waals surface area (Å²) in [6, 6.07) is 5.56. The van der Waals surface area contributed by atoms with Gasteiger partial charge in [0.05, 0.1) is 7.11 Å². The van der Waals surface area contributed by atoms with Gasteiger partial charge in [-0.25, -0.2) is 4.98 Å². The van der Waals surface area contributed by atoms with Crippen molar-refractivity contribution in [3.63, 3.8) is 0 Å². The van der Waals surface area contributed by atoms with Crippen molar-refractivity contribution in [3.05, 3.63) is 29.6 Å². The summed E-state index contributed by atoms with van der Waals surface area (Å²) in [5.74, 6) is -0.199. The van der Waals surface area contributed by atoms with E-state index in [-0.39, 0.29) is 12.0 Å². The zero-order valence-electron chi connectivity index (χ0n) is 10.3. The summed E-state index contributed by atoms with van der Waals surface area (Å²) in [6.07, 6.45) is 3.39. The lowest BCUT2D eigenvalue weighted by molar-refractivity contribution is -0.146. The molecule has 1 aromatic rings. The summed E-state index contributed by atoms with van der Waals surface area (Å²) in [5.41, 5.74) is 1.28. The lowest BCUT2D eigenvalue weighted by Crippen LogP contribution is -2.36. The van der Waals surface area contributed by atoms with Gasteiger partial charge in [0.15, 0.2) is 0 Å². The predicted molar refractivity (Wildman–Crippen MR) is 64.4 cm³/mol. The molecule has 0 radical (unpaired) electrons. The van der Waals surface area contributed by atoms with Crippen LogP contribution in [0.2, 0.25) is 0 Å². The number of nitrogens with zero attached hydrogens (tertiary/aromatic N) is 3. The van der Waals surface area contributed by atoms with Gasteiger partial charge in [-0.15, -0.1) is 0 Å². The molecule has 1 aliphatic heterocycles. The second-order valence-corrected chi connectivity index (χ2v) is 4.27. The molecule has 0 amide bonds. The highest BCUT2D eigenvalue weighted by atomic mass is 16.5. The van der Waals surface area contributed by atoms with E-state index in [1.165, 1.54) is 7.11 Å². The number of pyridine rings is 1. The number of methoxy groups -OCH3 is 1. The van der Waals surface area contributed by atoms with Gasteiger partial charge < -0.3 is 4.74 Å². The van der Waals surface area contributed by atoms with E-state index in [4.69, 9.17) is 10.00 Å². The molecule has 0 spiro atoms. The molecule has 94 valence electrons. The van der Waals surface area contributed by atoms with Crippen molar-refractivity contribution >= 4 is 5.97 Å². The van der Waals surface area contributed by atoms with Crippen molar-refractivity contribution < 1.29 is 9.53 Å². The molecule has 0 aromatic carbocycles. The Morgan fingerprint density at radius 2 is 2.56 bits per heavy atom. The van der Waals surface area contributed by atoms with Crippen molar-refractivity contribution in [2.45, 2.75) is 25.4 Å². The number of hydrogen-bond acceptors (Lipinski definition) is 5. The Morgan fingerprint density at radius 1 is 1.72 bits per heavy atom. The predicted octanol–water partition coefficient (Wildman–Crippen LogP) is 1.09. The molecular weight excluding hydrogens is 230 g/mol. The third-order valence-corrected chi connectivity index (χ3v) is 3.21. The van der Waals surface area contributed by atoms with Gasteiger partial charge in [0.25, 0.3) is 0 Å². The zero-order valence-corrected chi connectivity index (χ0v) is 10.3. The Kier molecular flexibility index (Phi) is 3.90. The van der Waals surface area contributed by atoms with Crippen LogP contribution >= 0.6 is 0 Å². The molecule has 5 nitrogen and oxygen atoms in total. The molecule has 1 atom stereocenters. The summed E-state index contributed by atoms with van der Waals surface area (Å²) in [6.45, 7) is 1.41. The van der Waals surface area contributed by atoms with Crippen molar-refractivity contribution in [3.8, 4) is 6.07 Å². The number of aromatic nitrogens is 1. The Hall–Kier alpha value is -1.93. The molecule has 0 saturated carbocycles. The second-order valence-electron chi connectivity index (χ2n) is 4.27. The second kappa shape index (κ2) is 5.61. The molecule has 0 N–H and O–H groups in total. The van der Waals surface area contributed by atoms with Crippen molar-refractivity contribution in [2.24, 2.45) is 0 Å². The van der Waals surface area contributed by atoms with Crippen LogP contribution in [0.15, 0.2) is 18.3 Å². The van der Waals surface area contributed by atoms with Crippen LogP contribution < -0.4 is 0 Å². The molecule has 2 rings (SSSR count). The molecule has 18 heavy (non-hydrogen) atoms. The molecule has 2 heterocycles. The number of nitriles is 1. The van der Waals surface area contributed by atoms with E-state index in [2.05, 4.69) is 11.1 Å². The number of ether oxygens (including phenoxy) is 1. The van der Waals surface area contributed by atoms with Gasteiger partial charge in [0.2, 0.25) is 0 Å². The standard InChI is InChI=1S/C13H15N3O2/c1-18-13(17)12-5-3-7-16(12)9-10-4-2-6-15-11(10)8-14/h2,4,6,12H,3,5,7,9H2,1H3. The maximum Gasteiger partial charge on any atom is 0.323 e. The molecular formula is C13H15N3O2. The van der Waals surface area contributed by atoms with Crippen LogP contribution in [0.1, 0.15) is 24.1 Å². The number of carbonyl (C=O) groups excluding carboxylic acids is 1. The largest absolute Gasteiger partial charge is 0.468 e. The van der Waals surface area contributed by atoms with Gasteiger partial charge in [-0.05, 0) is 25.5 Å². The minimum Gasteiger partial charge on any atom is -0.468 e. The van der Waals surface area contributed by atoms with E-state index in [1.807, 2.05) is 11.0 Å². The van der Waals surface area contributed by atoms with E-state index >= 15 is 0 Å². The van der Waals surface area contributed by atoms with Gasteiger partial charge in [-0.2, -0.15) is 5.26 Å². The maximum atomic E-state index is 11.6. The van der Waals surface area contributed by atoms with Crippen LogP contribution in [0, 0.1) is 11.3 Å². The molecule has 0 bridgehead atoms. The van der Waals surface area contributed by atoms with Gasteiger partial charge in [-0.3, -0.25) is 9.69 Å². The highest BCUT2D eigenvalue weighted by molar-refractivity contribution is 5.76. The summed E-state index contributed by atoms with van der Waals surface area (Å²) < 4.78 is 4.80. The first kappa shape index (κ1) is 12.5. The SMILES string of the molecule is COC(=O)C1CCCN1Cc1cccnc1C#N. The smallest absolute Gasteiger partial charge is 0.323 e. The number of esters is 1. The maximum absolute atomic E-state index is 11.6. The summed E-state index contributed by atoms with van der Waals surface area (Å²) in [7, 11) is 1.41. The molecule has 1 unspecified atom stereocenters. The number of rotatable bonds is 3. The number of hydrogen-bond donors (Lipinski definition) is 0. The first-order chi connectivity index (χ1) is 8.76. The van der Waals surface area contributed by atoms with Crippen molar-refractivity contribution in [2.75, 3.05) is 13.7 Å². The van der Waals surface area contributed by atoms with E-state index in [0.717, 1.165) is 24.9 Å². The Balaban J connectivity index is 2.13. The third-order valence-electron chi connectivity index (χ3n) is 3.21. The molecule has 0 aliphatic carbocycles. The first-order valence-electron chi connectivity index (χ1n) is 5.92. The van der Waals surface area contributed by atoms with Crippen molar-refractivity contribution in [1.82, 2.24) is 9.88 Å². The normalized spacial score (nSPS) is 19.4. The van der Waals surface area contributed by atoms with Crippen LogP contribution in [0.5, 0.6) is 0 Å². The third kappa shape index (κ3) is 2.49. The average Bonchev–Trinajstić information content (AvgIpc) is 2.86. The van der Waals surface area contributed by atoms with Gasteiger partial charge >= 0.3 is 5.97 Å². The van der Waals surface area contributed by atoms with Crippen LogP contribution in [0.3, 0.4) is 0 Å². The van der Waals surface area contributed by atoms with E-state index in [1.54, 1.807) is 12.3 Å². The Bertz CT molecular complexity index is 481. The van der Waals surface area contributed by atoms with E-state index < -0.39 is 0 Å². The van der Waals surface area contributed by atoms with Crippen LogP contribution in [0.25, 0.3) is 0 Å². The van der Waals surface area contributed by atoms with E-state index in [9.17, 15) is 4.79 Å². The molecule has 1 aliphatic rings. The lowest BCUT2D eigenvalue weighted by atomic mass is 10.1. The van der Waals surface area contributed by atoms with Crippen LogP contribution in [-0.2, 0) is 16.1 Å². The molecule has 1 aromatic heterocycles. The average molecular weight is 245 g/mol. The fourth-order valence-corrected chi connectivity index (χ4v) is 2.30. The number of likely N-dealkylation sites (tertiary alicyclic amines) is 1. The zero-order chi connectivity index (χ0) is 13.0. The minimum atomic E-state index is -0.199. The van der Waals surface area contributed by atoms with Crippen LogP contribution in [-0.4, -0.2) is 35.5 Å². The van der Waals surface area contributed by atoms with Gasteiger partial charge in [0.1, 0.15) is 17.8 Å². The molecule has 1 fully saturated rings.